The van der Waals surface area contributed by atoms with Gasteiger partial charge < -0.3 is 16.6 Å². The van der Waals surface area contributed by atoms with Crippen LogP contribution in [0, 0.1) is 0 Å². The van der Waals surface area contributed by atoms with Gasteiger partial charge in [-0.25, -0.2) is 4.39 Å². The predicted octanol–water partition coefficient (Wildman–Crippen LogP) is -0.105. The summed E-state index contributed by atoms with van der Waals surface area (Å²) in [6.45, 7) is -0.323. The van der Waals surface area contributed by atoms with Crippen molar-refractivity contribution >= 4 is 11.8 Å². The average Bonchev–Trinajstić information content (AvgIpc) is 2.16. The molecule has 5 N–H and O–H groups in total. The zero-order chi connectivity index (χ0) is 11.0. The van der Waals surface area contributed by atoms with Gasteiger partial charge in [-0.3, -0.25) is 9.79 Å². The van der Waals surface area contributed by atoms with Gasteiger partial charge in [0.25, 0.3) is 0 Å². The SMILES string of the molecule is NC(CF)=NCCCC[C@H](N)C(=O)O. The molecule has 6 heteroatoms. The van der Waals surface area contributed by atoms with Crippen molar-refractivity contribution in [2.75, 3.05) is 13.2 Å². The van der Waals surface area contributed by atoms with E-state index in [0.29, 0.717) is 25.8 Å². The van der Waals surface area contributed by atoms with Crippen molar-refractivity contribution in [1.29, 1.82) is 0 Å². The smallest absolute Gasteiger partial charge is 0.320 e. The summed E-state index contributed by atoms with van der Waals surface area (Å²) in [6.07, 6.45) is 1.72. The van der Waals surface area contributed by atoms with Gasteiger partial charge in [0, 0.05) is 6.54 Å². The Kier molecular flexibility index (Phi) is 6.65. The third-order valence-electron chi connectivity index (χ3n) is 1.69. The topological polar surface area (TPSA) is 102 Å². The lowest BCUT2D eigenvalue weighted by Gasteiger charge is -2.04. The lowest BCUT2D eigenvalue weighted by molar-refractivity contribution is -0.138. The van der Waals surface area contributed by atoms with Crippen molar-refractivity contribution in [3.8, 4) is 0 Å². The van der Waals surface area contributed by atoms with E-state index in [1.807, 2.05) is 0 Å². The molecule has 0 aliphatic carbocycles. The van der Waals surface area contributed by atoms with Crippen LogP contribution in [-0.4, -0.2) is 36.2 Å². The van der Waals surface area contributed by atoms with Gasteiger partial charge in [-0.15, -0.1) is 0 Å². The Hall–Kier alpha value is -1.17. The number of halogens is 1. The number of carboxylic acid groups (broad SMARTS) is 1. The van der Waals surface area contributed by atoms with Crippen LogP contribution in [0.1, 0.15) is 19.3 Å². The molecule has 0 fully saturated rings. The van der Waals surface area contributed by atoms with Gasteiger partial charge in [-0.05, 0) is 19.3 Å². The molecule has 0 radical (unpaired) electrons. The molecular formula is C8H16FN3O2. The molecule has 14 heavy (non-hydrogen) atoms. The minimum absolute atomic E-state index is 0.0208. The van der Waals surface area contributed by atoms with Crippen molar-refractivity contribution in [3.63, 3.8) is 0 Å². The van der Waals surface area contributed by atoms with Crippen LogP contribution in [0.25, 0.3) is 0 Å². The van der Waals surface area contributed by atoms with Crippen LogP contribution < -0.4 is 11.5 Å². The van der Waals surface area contributed by atoms with Crippen LogP contribution in [-0.2, 0) is 4.79 Å². The van der Waals surface area contributed by atoms with E-state index < -0.39 is 18.7 Å². The molecule has 0 spiro atoms. The molecular weight excluding hydrogens is 189 g/mol. The van der Waals surface area contributed by atoms with E-state index in [4.69, 9.17) is 16.6 Å². The molecule has 82 valence electrons. The molecule has 0 saturated carbocycles. The number of carboxylic acids is 1. The molecule has 1 atom stereocenters. The first-order chi connectivity index (χ1) is 6.57. The Morgan fingerprint density at radius 1 is 1.50 bits per heavy atom. The number of unbranched alkanes of at least 4 members (excludes halogenated alkanes) is 1. The Bertz CT molecular complexity index is 209. The van der Waals surface area contributed by atoms with Crippen molar-refractivity contribution in [3.05, 3.63) is 0 Å². The van der Waals surface area contributed by atoms with E-state index in [1.165, 1.54) is 0 Å². The number of rotatable bonds is 7. The highest BCUT2D eigenvalue weighted by atomic mass is 19.1. The first-order valence-corrected chi connectivity index (χ1v) is 4.41. The zero-order valence-electron chi connectivity index (χ0n) is 7.95. The minimum atomic E-state index is -1.00. The zero-order valence-corrected chi connectivity index (χ0v) is 7.95. The van der Waals surface area contributed by atoms with Crippen LogP contribution >= 0.6 is 0 Å². The lowest BCUT2D eigenvalue weighted by Crippen LogP contribution is -2.29. The fourth-order valence-electron chi connectivity index (χ4n) is 0.864. The molecule has 0 aliphatic heterocycles. The van der Waals surface area contributed by atoms with Crippen molar-refractivity contribution in [2.45, 2.75) is 25.3 Å². The van der Waals surface area contributed by atoms with Crippen LogP contribution in [0.3, 0.4) is 0 Å². The van der Waals surface area contributed by atoms with Crippen LogP contribution in [0.15, 0.2) is 4.99 Å². The van der Waals surface area contributed by atoms with Crippen molar-refractivity contribution in [1.82, 2.24) is 0 Å². The maximum atomic E-state index is 11.8. The second kappa shape index (κ2) is 7.25. The number of aliphatic imine (C=N–C) groups is 1. The van der Waals surface area contributed by atoms with Gasteiger partial charge in [0.1, 0.15) is 18.6 Å². The average molecular weight is 205 g/mol. The van der Waals surface area contributed by atoms with Crippen LogP contribution in [0.2, 0.25) is 0 Å². The molecule has 0 aliphatic rings. The first-order valence-electron chi connectivity index (χ1n) is 4.41. The summed E-state index contributed by atoms with van der Waals surface area (Å²) >= 11 is 0. The molecule has 0 bridgehead atoms. The molecule has 0 aromatic carbocycles. The number of nitrogens with zero attached hydrogens (tertiary/aromatic N) is 1. The minimum Gasteiger partial charge on any atom is -0.480 e. The quantitative estimate of drug-likeness (QED) is 0.306. The molecule has 0 aromatic rings. The van der Waals surface area contributed by atoms with Gasteiger partial charge in [-0.2, -0.15) is 0 Å². The van der Waals surface area contributed by atoms with E-state index in [0.717, 1.165) is 0 Å². The first kappa shape index (κ1) is 12.8. The number of hydrogen-bond donors (Lipinski definition) is 3. The summed E-state index contributed by atoms with van der Waals surface area (Å²) in [4.78, 5) is 14.0. The Labute approximate surface area is 82.0 Å². The summed E-state index contributed by atoms with van der Waals surface area (Å²) in [6, 6.07) is -0.822. The summed E-state index contributed by atoms with van der Waals surface area (Å²) < 4.78 is 11.8. The number of hydrogen-bond acceptors (Lipinski definition) is 3. The van der Waals surface area contributed by atoms with E-state index in [2.05, 4.69) is 4.99 Å². The second-order valence-electron chi connectivity index (χ2n) is 2.95. The van der Waals surface area contributed by atoms with Crippen molar-refractivity contribution < 1.29 is 14.3 Å². The number of aliphatic carboxylic acids is 1. The highest BCUT2D eigenvalue weighted by Crippen LogP contribution is 1.99. The predicted molar refractivity (Wildman–Crippen MR) is 51.9 cm³/mol. The highest BCUT2D eigenvalue weighted by Gasteiger charge is 2.09. The molecule has 0 rings (SSSR count). The molecule has 5 nitrogen and oxygen atoms in total. The monoisotopic (exact) mass is 205 g/mol. The maximum Gasteiger partial charge on any atom is 0.320 e. The van der Waals surface area contributed by atoms with E-state index in [9.17, 15) is 9.18 Å². The van der Waals surface area contributed by atoms with E-state index in [-0.39, 0.29) is 5.84 Å². The molecule has 0 amide bonds. The van der Waals surface area contributed by atoms with Crippen LogP contribution in [0.4, 0.5) is 4.39 Å². The molecule has 0 heterocycles. The summed E-state index contributed by atoms with van der Waals surface area (Å²) in [7, 11) is 0. The maximum absolute atomic E-state index is 11.8. The largest absolute Gasteiger partial charge is 0.480 e. The summed E-state index contributed by atoms with van der Waals surface area (Å²) in [5.74, 6) is -1.02. The molecule has 0 aromatic heterocycles. The van der Waals surface area contributed by atoms with Gasteiger partial charge >= 0.3 is 5.97 Å². The van der Waals surface area contributed by atoms with Crippen LogP contribution in [0.5, 0.6) is 0 Å². The van der Waals surface area contributed by atoms with E-state index >= 15 is 0 Å². The summed E-state index contributed by atoms with van der Waals surface area (Å²) in [5.41, 5.74) is 10.4. The fourth-order valence-corrected chi connectivity index (χ4v) is 0.864. The van der Waals surface area contributed by atoms with Gasteiger partial charge in [0.2, 0.25) is 0 Å². The van der Waals surface area contributed by atoms with Crippen molar-refractivity contribution in [2.24, 2.45) is 16.5 Å². The van der Waals surface area contributed by atoms with Gasteiger partial charge in [-0.1, -0.05) is 0 Å². The number of alkyl halides is 1. The Morgan fingerprint density at radius 2 is 2.14 bits per heavy atom. The third-order valence-corrected chi connectivity index (χ3v) is 1.69. The fraction of sp³-hybridized carbons (Fsp3) is 0.750. The number of carbonyl (C=O) groups is 1. The Balaban J connectivity index is 3.43. The van der Waals surface area contributed by atoms with Gasteiger partial charge in [0.15, 0.2) is 0 Å². The normalized spacial score (nSPS) is 14.0. The highest BCUT2D eigenvalue weighted by molar-refractivity contribution is 5.81. The summed E-state index contributed by atoms with van der Waals surface area (Å²) in [5, 5.41) is 8.44. The third kappa shape index (κ3) is 6.36. The Morgan fingerprint density at radius 3 is 2.64 bits per heavy atom. The van der Waals surface area contributed by atoms with Gasteiger partial charge in [0.05, 0.1) is 0 Å². The second-order valence-corrected chi connectivity index (χ2v) is 2.95. The standard InChI is InChI=1S/C8H16FN3O2/c9-5-7(11)12-4-2-1-3-6(10)8(13)14/h6H,1-5,10H2,(H2,11,12)(H,13,14)/t6-/m0/s1. The lowest BCUT2D eigenvalue weighted by atomic mass is 10.1. The molecule has 0 saturated heterocycles. The number of nitrogens with two attached hydrogens (primary N) is 2. The number of amidine groups is 1. The van der Waals surface area contributed by atoms with E-state index in [1.54, 1.807) is 0 Å². The molecule has 0 unspecified atom stereocenters.